The van der Waals surface area contributed by atoms with Crippen LogP contribution in [0.3, 0.4) is 0 Å². The van der Waals surface area contributed by atoms with Gasteiger partial charge >= 0.3 is 0 Å². The molecule has 1 atom stereocenters. The minimum absolute atomic E-state index is 0.0988. The van der Waals surface area contributed by atoms with Crippen LogP contribution in [-0.4, -0.2) is 29.6 Å². The second-order valence-electron chi connectivity index (χ2n) is 7.36. The zero-order valence-corrected chi connectivity index (χ0v) is 18.0. The van der Waals surface area contributed by atoms with Crippen LogP contribution in [0.15, 0.2) is 84.9 Å². The maximum Gasteiger partial charge on any atom is 0.237 e. The van der Waals surface area contributed by atoms with Gasteiger partial charge in [-0.05, 0) is 42.0 Å². The fourth-order valence-corrected chi connectivity index (χ4v) is 3.61. The highest BCUT2D eigenvalue weighted by Gasteiger charge is 2.32. The highest BCUT2D eigenvalue weighted by Crippen LogP contribution is 2.25. The van der Waals surface area contributed by atoms with Crippen molar-refractivity contribution in [3.8, 4) is 5.75 Å². The van der Waals surface area contributed by atoms with Crippen molar-refractivity contribution in [2.45, 2.75) is 33.0 Å². The summed E-state index contributed by atoms with van der Waals surface area (Å²) in [5, 5.41) is 3.51. The number of rotatable bonds is 10. The van der Waals surface area contributed by atoms with Gasteiger partial charge < -0.3 is 10.1 Å². The number of benzene rings is 3. The van der Waals surface area contributed by atoms with Gasteiger partial charge in [-0.2, -0.15) is 0 Å². The number of anilines is 1. The number of hydrogen-bond donors (Lipinski definition) is 1. The van der Waals surface area contributed by atoms with Gasteiger partial charge in [0.25, 0.3) is 0 Å². The van der Waals surface area contributed by atoms with E-state index in [1.165, 1.54) is 0 Å². The summed E-state index contributed by atoms with van der Waals surface area (Å²) in [6.07, 6.45) is 0.397. The van der Waals surface area contributed by atoms with E-state index in [1.54, 1.807) is 0 Å². The molecule has 0 aliphatic carbocycles. The molecule has 0 radical (unpaired) electrons. The first kappa shape index (κ1) is 21.6. The smallest absolute Gasteiger partial charge is 0.237 e. The van der Waals surface area contributed by atoms with Crippen molar-refractivity contribution >= 4 is 11.5 Å². The van der Waals surface area contributed by atoms with Gasteiger partial charge in [0.2, 0.25) is 5.85 Å². The Balaban J connectivity index is 1.75. The molecule has 0 aromatic heterocycles. The third-order valence-electron chi connectivity index (χ3n) is 5.22. The van der Waals surface area contributed by atoms with E-state index in [-0.39, 0.29) is 5.78 Å². The predicted octanol–water partition coefficient (Wildman–Crippen LogP) is 5.62. The van der Waals surface area contributed by atoms with Crippen LogP contribution >= 0.6 is 0 Å². The number of carbonyl (C=O) groups excluding carboxylic acids is 1. The van der Waals surface area contributed by atoms with Crippen LogP contribution in [0.4, 0.5) is 5.69 Å². The van der Waals surface area contributed by atoms with Crippen molar-refractivity contribution in [2.75, 3.05) is 18.4 Å². The number of para-hydroxylation sites is 1. The lowest BCUT2D eigenvalue weighted by atomic mass is 10.0. The summed E-state index contributed by atoms with van der Waals surface area (Å²) in [5.74, 6) is 0.0891. The van der Waals surface area contributed by atoms with Gasteiger partial charge in [-0.25, -0.2) is 4.90 Å². The van der Waals surface area contributed by atoms with E-state index in [0.717, 1.165) is 24.3 Å². The molecule has 0 saturated heterocycles. The molecule has 3 rings (SSSR count). The Kier molecular flexibility index (Phi) is 7.26. The molecular formula is C26H30N2O2. The number of Topliss-reactive ketones (excluding diaryl/α,β-unsaturated/α-hetero) is 1. The topological polar surface area (TPSA) is 41.6 Å². The van der Waals surface area contributed by atoms with E-state index >= 15 is 0 Å². The predicted molar refractivity (Wildman–Crippen MR) is 123 cm³/mol. The molecule has 0 spiro atoms. The van der Waals surface area contributed by atoms with Gasteiger partial charge in [0.05, 0.1) is 0 Å². The van der Waals surface area contributed by atoms with E-state index in [4.69, 9.17) is 4.74 Å². The molecule has 0 aliphatic rings. The molecule has 3 aromatic carbocycles. The van der Waals surface area contributed by atoms with E-state index in [0.29, 0.717) is 17.7 Å². The Labute approximate surface area is 179 Å². The van der Waals surface area contributed by atoms with Crippen molar-refractivity contribution in [3.05, 3.63) is 96.1 Å². The van der Waals surface area contributed by atoms with Crippen LogP contribution in [0, 0.1) is 0 Å². The maximum absolute atomic E-state index is 12.6. The van der Waals surface area contributed by atoms with E-state index in [9.17, 15) is 4.79 Å². The average Bonchev–Trinajstić information content (AvgIpc) is 2.76. The van der Waals surface area contributed by atoms with Crippen molar-refractivity contribution in [1.82, 2.24) is 4.90 Å². The van der Waals surface area contributed by atoms with Crippen molar-refractivity contribution in [2.24, 2.45) is 0 Å². The molecule has 30 heavy (non-hydrogen) atoms. The highest BCUT2D eigenvalue weighted by atomic mass is 16.5. The molecule has 0 heterocycles. The lowest BCUT2D eigenvalue weighted by Crippen LogP contribution is -2.56. The first-order chi connectivity index (χ1) is 14.5. The number of ether oxygens (including phenoxy) is 1. The van der Waals surface area contributed by atoms with Crippen molar-refractivity contribution in [1.29, 1.82) is 0 Å². The molecule has 3 aromatic rings. The molecule has 0 amide bonds. The molecule has 0 aliphatic heterocycles. The summed E-state index contributed by atoms with van der Waals surface area (Å²) >= 11 is 0. The molecule has 4 heteroatoms. The SMILES string of the molecule is CCN(CC)C(C)(Nc1ccccc1)Oc1ccc(C(=O)Cc2ccccc2)cc1. The molecule has 1 N–H and O–H groups in total. The molecule has 0 bridgehead atoms. The minimum atomic E-state index is -0.722. The fourth-order valence-electron chi connectivity index (χ4n) is 3.61. The summed E-state index contributed by atoms with van der Waals surface area (Å²) in [4.78, 5) is 14.8. The van der Waals surface area contributed by atoms with Crippen LogP contribution in [0.2, 0.25) is 0 Å². The van der Waals surface area contributed by atoms with Crippen LogP contribution < -0.4 is 10.1 Å². The van der Waals surface area contributed by atoms with E-state index < -0.39 is 5.85 Å². The molecule has 4 nitrogen and oxygen atoms in total. The average molecular weight is 403 g/mol. The van der Waals surface area contributed by atoms with Gasteiger partial charge in [0.15, 0.2) is 5.78 Å². The van der Waals surface area contributed by atoms with Gasteiger partial charge in [0.1, 0.15) is 5.75 Å². The monoisotopic (exact) mass is 402 g/mol. The first-order valence-corrected chi connectivity index (χ1v) is 10.5. The number of hydrogen-bond acceptors (Lipinski definition) is 4. The highest BCUT2D eigenvalue weighted by molar-refractivity contribution is 5.97. The maximum atomic E-state index is 12.6. The van der Waals surface area contributed by atoms with Gasteiger partial charge in [-0.3, -0.25) is 4.79 Å². The third kappa shape index (κ3) is 5.49. The minimum Gasteiger partial charge on any atom is -0.455 e. The fraction of sp³-hybridized carbons (Fsp3) is 0.269. The quantitative estimate of drug-likeness (QED) is 0.353. The Morgan fingerprint density at radius 1 is 0.867 bits per heavy atom. The normalized spacial score (nSPS) is 12.9. The number of nitrogens with one attached hydrogen (secondary N) is 1. The number of carbonyl (C=O) groups is 1. The van der Waals surface area contributed by atoms with Crippen LogP contribution in [0.1, 0.15) is 36.7 Å². The first-order valence-electron chi connectivity index (χ1n) is 10.5. The summed E-state index contributed by atoms with van der Waals surface area (Å²) in [5.41, 5.74) is 2.69. The standard InChI is InChI=1S/C26H30N2O2/c1-4-28(5-2)26(3,27-23-14-10-7-11-15-23)30-24-18-16-22(17-19-24)25(29)20-21-12-8-6-9-13-21/h6-19,27H,4-5,20H2,1-3H3. The summed E-state index contributed by atoms with van der Waals surface area (Å²) < 4.78 is 6.41. The summed E-state index contributed by atoms with van der Waals surface area (Å²) in [6, 6.07) is 27.3. The third-order valence-corrected chi connectivity index (χ3v) is 5.22. The molecule has 0 fully saturated rings. The summed E-state index contributed by atoms with van der Waals surface area (Å²) in [7, 11) is 0. The zero-order chi connectivity index (χ0) is 21.4. The van der Waals surface area contributed by atoms with Crippen molar-refractivity contribution < 1.29 is 9.53 Å². The second-order valence-corrected chi connectivity index (χ2v) is 7.36. The van der Waals surface area contributed by atoms with Gasteiger partial charge in [0, 0.05) is 37.7 Å². The zero-order valence-electron chi connectivity index (χ0n) is 18.0. The Morgan fingerprint density at radius 3 is 2.00 bits per heavy atom. The van der Waals surface area contributed by atoms with Crippen molar-refractivity contribution in [3.63, 3.8) is 0 Å². The number of ketones is 1. The second kappa shape index (κ2) is 10.1. The molecular weight excluding hydrogens is 372 g/mol. The molecule has 156 valence electrons. The Morgan fingerprint density at radius 2 is 1.43 bits per heavy atom. The molecule has 0 saturated carbocycles. The Bertz CT molecular complexity index is 922. The summed E-state index contributed by atoms with van der Waals surface area (Å²) in [6.45, 7) is 7.93. The Hall–Kier alpha value is -3.11. The number of nitrogens with zero attached hydrogens (tertiary/aromatic N) is 1. The van der Waals surface area contributed by atoms with Crippen LogP contribution in [0.25, 0.3) is 0 Å². The largest absolute Gasteiger partial charge is 0.455 e. The van der Waals surface area contributed by atoms with E-state index in [2.05, 4.69) is 24.1 Å². The van der Waals surface area contributed by atoms with Gasteiger partial charge in [-0.1, -0.05) is 62.4 Å². The van der Waals surface area contributed by atoms with Crippen LogP contribution in [-0.2, 0) is 6.42 Å². The van der Waals surface area contributed by atoms with Crippen LogP contribution in [0.5, 0.6) is 5.75 Å². The lowest BCUT2D eigenvalue weighted by Gasteiger charge is -2.41. The molecule has 1 unspecified atom stereocenters. The lowest BCUT2D eigenvalue weighted by molar-refractivity contribution is -0.0413. The van der Waals surface area contributed by atoms with Gasteiger partial charge in [-0.15, -0.1) is 0 Å². The van der Waals surface area contributed by atoms with E-state index in [1.807, 2.05) is 91.9 Å².